The molecule has 2 rings (SSSR count). The van der Waals surface area contributed by atoms with E-state index in [0.29, 0.717) is 17.9 Å². The zero-order chi connectivity index (χ0) is 14.6. The molecule has 0 aromatic rings. The van der Waals surface area contributed by atoms with Gasteiger partial charge >= 0.3 is 0 Å². The third-order valence-electron chi connectivity index (χ3n) is 5.21. The number of carbonyl (C=O) groups excluding carboxylic acids is 1. The van der Waals surface area contributed by atoms with Crippen LogP contribution in [0.4, 0.5) is 0 Å². The van der Waals surface area contributed by atoms with E-state index < -0.39 is 0 Å². The lowest BCUT2D eigenvalue weighted by atomic mass is 9.74. The van der Waals surface area contributed by atoms with Crippen LogP contribution in [0.5, 0.6) is 0 Å². The Hall–Kier alpha value is -0.570. The molecule has 0 aromatic carbocycles. The molecule has 2 fully saturated rings. The minimum absolute atomic E-state index is 0.0926. The van der Waals surface area contributed by atoms with Crippen LogP contribution < -0.4 is 5.32 Å². The molecule has 1 saturated carbocycles. The molecule has 0 radical (unpaired) electrons. The van der Waals surface area contributed by atoms with E-state index in [1.807, 2.05) is 0 Å². The van der Waals surface area contributed by atoms with E-state index >= 15 is 0 Å². The second-order valence-corrected chi connectivity index (χ2v) is 7.38. The van der Waals surface area contributed by atoms with Gasteiger partial charge in [0.15, 0.2) is 0 Å². The fourth-order valence-corrected chi connectivity index (χ4v) is 3.78. The summed E-state index contributed by atoms with van der Waals surface area (Å²) in [6.07, 6.45) is 8.42. The Morgan fingerprint density at radius 2 is 1.95 bits per heavy atom. The van der Waals surface area contributed by atoms with Crippen LogP contribution >= 0.6 is 0 Å². The molecular formula is C17H32N2O. The number of nitrogens with zero attached hydrogens (tertiary/aromatic N) is 1. The Kier molecular flexibility index (Phi) is 5.48. The predicted molar refractivity (Wildman–Crippen MR) is 83.6 cm³/mol. The van der Waals surface area contributed by atoms with Gasteiger partial charge in [-0.25, -0.2) is 0 Å². The van der Waals surface area contributed by atoms with Crippen LogP contribution in [0.15, 0.2) is 0 Å². The molecule has 1 aliphatic heterocycles. The highest BCUT2D eigenvalue weighted by Gasteiger charge is 2.38. The second kappa shape index (κ2) is 6.93. The number of carbonyl (C=O) groups is 1. The maximum atomic E-state index is 13.0. The van der Waals surface area contributed by atoms with Gasteiger partial charge in [-0.15, -0.1) is 0 Å². The predicted octanol–water partition coefficient (Wildman–Crippen LogP) is 3.19. The van der Waals surface area contributed by atoms with Crippen LogP contribution in [0.2, 0.25) is 0 Å². The molecule has 1 heterocycles. The van der Waals surface area contributed by atoms with E-state index in [2.05, 4.69) is 31.0 Å². The third kappa shape index (κ3) is 3.75. The van der Waals surface area contributed by atoms with Crippen LogP contribution in [-0.2, 0) is 4.79 Å². The van der Waals surface area contributed by atoms with Crippen LogP contribution in [-0.4, -0.2) is 36.5 Å². The van der Waals surface area contributed by atoms with Crippen LogP contribution in [0, 0.1) is 11.3 Å². The summed E-state index contributed by atoms with van der Waals surface area (Å²) in [5.74, 6) is 1.06. The molecule has 0 spiro atoms. The largest absolute Gasteiger partial charge is 0.339 e. The number of hydrogen-bond donors (Lipinski definition) is 1. The van der Waals surface area contributed by atoms with E-state index in [-0.39, 0.29) is 5.41 Å². The Morgan fingerprint density at radius 3 is 2.50 bits per heavy atom. The summed E-state index contributed by atoms with van der Waals surface area (Å²) >= 11 is 0. The number of piperidine rings is 1. The van der Waals surface area contributed by atoms with Gasteiger partial charge in [0.2, 0.25) is 5.91 Å². The highest BCUT2D eigenvalue weighted by Crippen LogP contribution is 2.38. The van der Waals surface area contributed by atoms with Crippen LogP contribution in [0.25, 0.3) is 0 Å². The lowest BCUT2D eigenvalue weighted by Gasteiger charge is -2.41. The first-order valence-corrected chi connectivity index (χ1v) is 8.55. The molecule has 3 heteroatoms. The molecule has 116 valence electrons. The summed E-state index contributed by atoms with van der Waals surface area (Å²) in [6.45, 7) is 9.69. The summed E-state index contributed by atoms with van der Waals surface area (Å²) in [6, 6.07) is 0.322. The molecular weight excluding hydrogens is 248 g/mol. The summed E-state index contributed by atoms with van der Waals surface area (Å²) in [7, 11) is 0. The molecule has 1 atom stereocenters. The van der Waals surface area contributed by atoms with Crippen molar-refractivity contribution in [2.45, 2.75) is 71.8 Å². The summed E-state index contributed by atoms with van der Waals surface area (Å²) in [5.41, 5.74) is -0.0926. The summed E-state index contributed by atoms with van der Waals surface area (Å²) < 4.78 is 0. The van der Waals surface area contributed by atoms with Gasteiger partial charge in [-0.3, -0.25) is 4.79 Å². The van der Waals surface area contributed by atoms with E-state index in [9.17, 15) is 4.79 Å². The average molecular weight is 280 g/mol. The van der Waals surface area contributed by atoms with Crippen molar-refractivity contribution in [2.75, 3.05) is 19.6 Å². The number of hydrogen-bond acceptors (Lipinski definition) is 2. The fourth-order valence-electron chi connectivity index (χ4n) is 3.78. The van der Waals surface area contributed by atoms with E-state index in [1.54, 1.807) is 0 Å². The SMILES string of the molecule is CC(C)N(CC1CCCNC1)C(=O)C1(C)CCCCC1. The number of amides is 1. The number of nitrogens with one attached hydrogen (secondary N) is 1. The molecule has 0 bridgehead atoms. The zero-order valence-electron chi connectivity index (χ0n) is 13.6. The molecule has 20 heavy (non-hydrogen) atoms. The lowest BCUT2D eigenvalue weighted by molar-refractivity contribution is -0.145. The van der Waals surface area contributed by atoms with Crippen molar-refractivity contribution in [3.8, 4) is 0 Å². The van der Waals surface area contributed by atoms with Gasteiger partial charge < -0.3 is 10.2 Å². The van der Waals surface area contributed by atoms with Crippen molar-refractivity contribution in [1.29, 1.82) is 0 Å². The minimum atomic E-state index is -0.0926. The van der Waals surface area contributed by atoms with Gasteiger partial charge in [0, 0.05) is 18.0 Å². The Bertz CT molecular complexity index is 315. The topological polar surface area (TPSA) is 32.3 Å². The molecule has 1 unspecified atom stereocenters. The molecule has 2 aliphatic rings. The fraction of sp³-hybridized carbons (Fsp3) is 0.941. The molecule has 1 N–H and O–H groups in total. The molecule has 1 amide bonds. The highest BCUT2D eigenvalue weighted by atomic mass is 16.2. The maximum absolute atomic E-state index is 13.0. The number of rotatable bonds is 4. The molecule has 0 aromatic heterocycles. The first-order chi connectivity index (χ1) is 9.53. The van der Waals surface area contributed by atoms with Gasteiger partial charge in [-0.2, -0.15) is 0 Å². The Labute approximate surface area is 124 Å². The van der Waals surface area contributed by atoms with Crippen molar-refractivity contribution in [1.82, 2.24) is 10.2 Å². The second-order valence-electron chi connectivity index (χ2n) is 7.38. The zero-order valence-corrected chi connectivity index (χ0v) is 13.6. The van der Waals surface area contributed by atoms with Crippen LogP contribution in [0.3, 0.4) is 0 Å². The standard InChI is InChI=1S/C17H32N2O/c1-14(2)19(13-15-8-7-11-18-12-15)16(20)17(3)9-5-4-6-10-17/h14-15,18H,4-13H2,1-3H3. The van der Waals surface area contributed by atoms with Crippen molar-refractivity contribution >= 4 is 5.91 Å². The Morgan fingerprint density at radius 1 is 1.25 bits per heavy atom. The van der Waals surface area contributed by atoms with E-state index in [4.69, 9.17) is 0 Å². The minimum Gasteiger partial charge on any atom is -0.339 e. The van der Waals surface area contributed by atoms with Crippen molar-refractivity contribution in [2.24, 2.45) is 11.3 Å². The van der Waals surface area contributed by atoms with Crippen molar-refractivity contribution in [3.05, 3.63) is 0 Å². The van der Waals surface area contributed by atoms with Gasteiger partial charge in [0.05, 0.1) is 0 Å². The van der Waals surface area contributed by atoms with Crippen LogP contribution in [0.1, 0.15) is 65.7 Å². The summed E-state index contributed by atoms with van der Waals surface area (Å²) in [5, 5.41) is 3.47. The maximum Gasteiger partial charge on any atom is 0.228 e. The van der Waals surface area contributed by atoms with Gasteiger partial charge in [0.1, 0.15) is 0 Å². The molecule has 3 nitrogen and oxygen atoms in total. The first kappa shape index (κ1) is 15.8. The molecule has 1 aliphatic carbocycles. The Balaban J connectivity index is 2.01. The van der Waals surface area contributed by atoms with Gasteiger partial charge in [0.25, 0.3) is 0 Å². The monoisotopic (exact) mass is 280 g/mol. The average Bonchev–Trinajstić information content (AvgIpc) is 2.45. The highest BCUT2D eigenvalue weighted by molar-refractivity contribution is 5.82. The molecule has 1 saturated heterocycles. The van der Waals surface area contributed by atoms with Gasteiger partial charge in [-0.1, -0.05) is 26.2 Å². The van der Waals surface area contributed by atoms with E-state index in [0.717, 1.165) is 32.5 Å². The lowest BCUT2D eigenvalue weighted by Crippen LogP contribution is -2.50. The normalized spacial score (nSPS) is 26.5. The summed E-state index contributed by atoms with van der Waals surface area (Å²) in [4.78, 5) is 15.2. The smallest absolute Gasteiger partial charge is 0.228 e. The third-order valence-corrected chi connectivity index (χ3v) is 5.21. The van der Waals surface area contributed by atoms with Crippen molar-refractivity contribution in [3.63, 3.8) is 0 Å². The van der Waals surface area contributed by atoms with Crippen molar-refractivity contribution < 1.29 is 4.79 Å². The first-order valence-electron chi connectivity index (χ1n) is 8.55. The van der Waals surface area contributed by atoms with Gasteiger partial charge in [-0.05, 0) is 58.5 Å². The van der Waals surface area contributed by atoms with E-state index in [1.165, 1.54) is 32.1 Å². The quantitative estimate of drug-likeness (QED) is 0.857.